The van der Waals surface area contributed by atoms with E-state index in [9.17, 15) is 29.0 Å². The highest BCUT2D eigenvalue weighted by molar-refractivity contribution is 6.12. The van der Waals surface area contributed by atoms with E-state index < -0.39 is 30.6 Å². The Kier molecular flexibility index (Phi) is 18.4. The largest absolute Gasteiger partial charge is 0.481 e. The van der Waals surface area contributed by atoms with Crippen molar-refractivity contribution in [2.75, 3.05) is 5.32 Å². The third kappa shape index (κ3) is 14.8. The molecule has 9 nitrogen and oxygen atoms in total. The highest BCUT2D eigenvalue weighted by Gasteiger charge is 2.31. The number of nitrogens with zero attached hydrogens (tertiary/aromatic N) is 1. The lowest BCUT2D eigenvalue weighted by Gasteiger charge is -2.32. The Hall–Kier alpha value is -6.10. The van der Waals surface area contributed by atoms with E-state index in [1.807, 2.05) is 91.2 Å². The van der Waals surface area contributed by atoms with Crippen LogP contribution in [0.4, 0.5) is 10.1 Å². The number of aromatic nitrogens is 1. The molecule has 0 saturated heterocycles. The van der Waals surface area contributed by atoms with E-state index in [0.717, 1.165) is 22.4 Å². The number of allylic oxidation sites excluding steroid dienone is 9. The molecule has 1 amide bonds. The van der Waals surface area contributed by atoms with Crippen LogP contribution in [0, 0.1) is 11.2 Å². The number of amides is 1. The van der Waals surface area contributed by atoms with Gasteiger partial charge in [0.2, 0.25) is 0 Å². The van der Waals surface area contributed by atoms with Gasteiger partial charge in [0.05, 0.1) is 29.9 Å². The Bertz CT molecular complexity index is 2330. The fraction of sp³-hybridized carbons (Fsp3) is 0.340. The second-order valence-electron chi connectivity index (χ2n) is 17.2. The molecule has 1 aliphatic rings. The van der Waals surface area contributed by atoms with Gasteiger partial charge in [-0.1, -0.05) is 118 Å². The van der Waals surface area contributed by atoms with Crippen LogP contribution in [0.15, 0.2) is 144 Å². The third-order valence-corrected chi connectivity index (χ3v) is 11.1. The van der Waals surface area contributed by atoms with E-state index in [4.69, 9.17) is 10.2 Å². The predicted octanol–water partition coefficient (Wildman–Crippen LogP) is 11.9. The maximum absolute atomic E-state index is 14.0. The number of benzene rings is 3. The van der Waals surface area contributed by atoms with Crippen LogP contribution in [0.3, 0.4) is 0 Å². The number of anilines is 1. The number of hydrogen-bond acceptors (Lipinski definition) is 5. The summed E-state index contributed by atoms with van der Waals surface area (Å²) in [5.74, 6) is -2.85. The van der Waals surface area contributed by atoms with E-state index in [1.54, 1.807) is 25.1 Å². The lowest BCUT2D eigenvalue weighted by atomic mass is 9.72. The molecule has 4 aromatic rings. The molecule has 1 heterocycles. The van der Waals surface area contributed by atoms with Crippen LogP contribution in [-0.2, 0) is 16.1 Å². The van der Waals surface area contributed by atoms with Crippen LogP contribution in [0.5, 0.6) is 0 Å². The zero-order chi connectivity index (χ0) is 46.3. The molecule has 10 heteroatoms. The molecule has 0 saturated carbocycles. The number of aliphatic carboxylic acids is 2. The first-order valence-corrected chi connectivity index (χ1v) is 21.5. The van der Waals surface area contributed by atoms with Gasteiger partial charge in [0.1, 0.15) is 5.82 Å². The van der Waals surface area contributed by atoms with Crippen molar-refractivity contribution < 1.29 is 39.2 Å². The van der Waals surface area contributed by atoms with E-state index in [-0.39, 0.29) is 42.4 Å². The molecular weight excluding hydrogens is 796 g/mol. The summed E-state index contributed by atoms with van der Waals surface area (Å²) in [7, 11) is 0. The zero-order valence-electron chi connectivity index (χ0n) is 37.6. The number of carbonyl (C=O) groups is 3. The summed E-state index contributed by atoms with van der Waals surface area (Å²) in [6, 6.07) is 24.8. The Balaban J connectivity index is 0.000000335. The first-order chi connectivity index (χ1) is 29.9. The molecule has 1 aromatic heterocycles. The van der Waals surface area contributed by atoms with Crippen LogP contribution < -0.4 is 5.32 Å². The molecule has 3 aromatic carbocycles. The molecule has 1 aliphatic carbocycles. The van der Waals surface area contributed by atoms with Crippen molar-refractivity contribution in [3.63, 3.8) is 0 Å². The number of carboxylic acid groups (broad SMARTS) is 2. The van der Waals surface area contributed by atoms with Crippen LogP contribution >= 0.6 is 0 Å². The van der Waals surface area contributed by atoms with Crippen molar-refractivity contribution in [1.82, 2.24) is 4.57 Å². The van der Waals surface area contributed by atoms with Gasteiger partial charge in [-0.15, -0.1) is 0 Å². The highest BCUT2D eigenvalue weighted by atomic mass is 19.1. The molecule has 0 spiro atoms. The molecule has 0 unspecified atom stereocenters. The van der Waals surface area contributed by atoms with Gasteiger partial charge in [-0.2, -0.15) is 0 Å². The zero-order valence-corrected chi connectivity index (χ0v) is 37.6. The fourth-order valence-electron chi connectivity index (χ4n) is 8.08. The molecule has 0 bridgehead atoms. The van der Waals surface area contributed by atoms with Crippen molar-refractivity contribution in [2.24, 2.45) is 5.41 Å². The quantitative estimate of drug-likeness (QED) is 0.0524. The summed E-state index contributed by atoms with van der Waals surface area (Å²) in [5, 5.41) is 41.4. The van der Waals surface area contributed by atoms with Crippen molar-refractivity contribution in [3.8, 4) is 22.4 Å². The van der Waals surface area contributed by atoms with Gasteiger partial charge >= 0.3 is 11.9 Å². The molecular formula is C53H63FN2O7. The Labute approximate surface area is 371 Å². The van der Waals surface area contributed by atoms with Crippen LogP contribution in [0.1, 0.15) is 109 Å². The molecule has 334 valence electrons. The molecule has 0 aliphatic heterocycles. The van der Waals surface area contributed by atoms with Crippen LogP contribution in [0.2, 0.25) is 0 Å². The number of carboxylic acids is 2. The van der Waals surface area contributed by atoms with Crippen molar-refractivity contribution >= 4 is 23.5 Å². The number of halogens is 1. The van der Waals surface area contributed by atoms with Gasteiger partial charge in [0, 0.05) is 29.6 Å². The molecule has 63 heavy (non-hydrogen) atoms. The summed E-state index contributed by atoms with van der Waals surface area (Å²) in [6.45, 7) is 15.0. The van der Waals surface area contributed by atoms with Gasteiger partial charge in [-0.05, 0) is 123 Å². The predicted molar refractivity (Wildman–Crippen MR) is 251 cm³/mol. The number of hydrogen-bond donors (Lipinski definition) is 5. The third-order valence-electron chi connectivity index (χ3n) is 11.1. The van der Waals surface area contributed by atoms with Gasteiger partial charge in [0.25, 0.3) is 5.91 Å². The van der Waals surface area contributed by atoms with E-state index in [2.05, 4.69) is 45.2 Å². The Morgan fingerprint density at radius 2 is 1.49 bits per heavy atom. The molecule has 0 radical (unpaired) electrons. The SMILES string of the molecule is CC(C)c1c(C(=O)Nc2ccccc2)c(-c2ccccc2)c(-c2ccc(F)cc2)n1CC[C@@H](O)C[C@@H](O)CC(=O)O.CC1=C(/C=C/C(C)=C\C=C\C(C)=C\C(=O)O)C(C)(C)CCC1. The summed E-state index contributed by atoms with van der Waals surface area (Å²) >= 11 is 0. The standard InChI is InChI=1S/C33H35FN2O5.C20H28O2/c1-21(2)31-30(33(41)35-25-11-7-4-8-12-25)29(22-9-5-3-6-10-22)32(23-13-15-24(34)16-14-23)36(31)18-17-26(37)19-27(38)20-28(39)40;1-15(8-6-9-16(2)14-19(21)22)11-12-18-17(3)10-7-13-20(18,4)5/h3-16,21,26-27,37-38H,17-20H2,1-2H3,(H,35,41)(H,39,40);6,8-9,11-12,14H,7,10,13H2,1-5H3,(H,21,22)/b;9-6+,12-11+,15-8-,16-14+/t26-,27-;/m1./s1. The number of aliphatic hydroxyl groups excluding tert-OH is 2. The van der Waals surface area contributed by atoms with Crippen molar-refractivity contribution in [2.45, 2.75) is 112 Å². The lowest BCUT2D eigenvalue weighted by Crippen LogP contribution is -2.22. The minimum absolute atomic E-state index is 0.0939. The second kappa shape index (κ2) is 23.4. The Morgan fingerprint density at radius 3 is 2.08 bits per heavy atom. The van der Waals surface area contributed by atoms with Crippen molar-refractivity contribution in [1.29, 1.82) is 0 Å². The number of aliphatic hydroxyl groups is 2. The van der Waals surface area contributed by atoms with Crippen molar-refractivity contribution in [3.05, 3.63) is 161 Å². The second-order valence-corrected chi connectivity index (χ2v) is 17.2. The summed E-state index contributed by atoms with van der Waals surface area (Å²) in [5.41, 5.74) is 9.87. The number of rotatable bonds is 17. The van der Waals surface area contributed by atoms with Gasteiger partial charge in [-0.25, -0.2) is 9.18 Å². The van der Waals surface area contributed by atoms with Gasteiger partial charge < -0.3 is 30.3 Å². The average Bonchev–Trinajstić information content (AvgIpc) is 3.56. The Morgan fingerprint density at radius 1 is 0.857 bits per heavy atom. The first-order valence-electron chi connectivity index (χ1n) is 21.5. The maximum atomic E-state index is 14.0. The topological polar surface area (TPSA) is 149 Å². The smallest absolute Gasteiger partial charge is 0.328 e. The number of para-hydroxylation sites is 1. The summed E-state index contributed by atoms with van der Waals surface area (Å²) in [6.07, 6.45) is 12.5. The first kappa shape index (κ1) is 49.6. The van der Waals surface area contributed by atoms with Gasteiger partial charge in [-0.3, -0.25) is 9.59 Å². The number of nitrogens with one attached hydrogen (secondary N) is 1. The molecule has 5 N–H and O–H groups in total. The van der Waals surface area contributed by atoms with E-state index >= 15 is 0 Å². The average molecular weight is 859 g/mol. The summed E-state index contributed by atoms with van der Waals surface area (Å²) < 4.78 is 16.0. The van der Waals surface area contributed by atoms with E-state index in [1.165, 1.54) is 48.6 Å². The molecule has 5 rings (SSSR count). The normalized spacial score (nSPS) is 15.3. The molecule has 0 fully saturated rings. The minimum atomic E-state index is -1.18. The fourth-order valence-corrected chi connectivity index (χ4v) is 8.08. The lowest BCUT2D eigenvalue weighted by molar-refractivity contribution is -0.139. The van der Waals surface area contributed by atoms with Crippen LogP contribution in [-0.4, -0.2) is 55.0 Å². The summed E-state index contributed by atoms with van der Waals surface area (Å²) in [4.78, 5) is 35.6. The van der Waals surface area contributed by atoms with E-state index in [0.29, 0.717) is 28.1 Å². The monoisotopic (exact) mass is 858 g/mol. The highest BCUT2D eigenvalue weighted by Crippen LogP contribution is 2.43. The van der Waals surface area contributed by atoms with Crippen LogP contribution in [0.25, 0.3) is 22.4 Å². The van der Waals surface area contributed by atoms with Gasteiger partial charge in [0.15, 0.2) is 0 Å². The number of carbonyl (C=O) groups excluding carboxylic acids is 1. The minimum Gasteiger partial charge on any atom is -0.481 e. The molecule has 2 atom stereocenters. The maximum Gasteiger partial charge on any atom is 0.328 e.